The normalized spacial score (nSPS) is 15.5. The zero-order valence-corrected chi connectivity index (χ0v) is 19.0. The van der Waals surface area contributed by atoms with Crippen LogP contribution in [-0.4, -0.2) is 48.7 Å². The molecule has 3 aromatic rings. The Bertz CT molecular complexity index is 1320. The van der Waals surface area contributed by atoms with Crippen molar-refractivity contribution in [2.24, 2.45) is 5.92 Å². The highest BCUT2D eigenvalue weighted by Crippen LogP contribution is 2.36. The van der Waals surface area contributed by atoms with Crippen molar-refractivity contribution in [3.05, 3.63) is 52.3 Å². The first-order chi connectivity index (χ1) is 15.7. The predicted molar refractivity (Wildman–Crippen MR) is 119 cm³/mol. The van der Waals surface area contributed by atoms with E-state index < -0.39 is 26.7 Å². The van der Waals surface area contributed by atoms with Crippen LogP contribution < -0.4 is 10.1 Å². The molecule has 33 heavy (non-hydrogen) atoms. The first-order valence-electron chi connectivity index (χ1n) is 9.88. The van der Waals surface area contributed by atoms with Gasteiger partial charge in [-0.05, 0) is 37.1 Å². The summed E-state index contributed by atoms with van der Waals surface area (Å²) >= 11 is 1.09. The number of methoxy groups -OCH3 is 1. The fourth-order valence-corrected chi connectivity index (χ4v) is 6.01. The van der Waals surface area contributed by atoms with Crippen LogP contribution in [0.4, 0.5) is 15.2 Å². The number of nitro benzene ring substituents is 1. The van der Waals surface area contributed by atoms with E-state index in [9.17, 15) is 27.7 Å². The topological polar surface area (TPSA) is 132 Å². The molecule has 0 radical (unpaired) electrons. The zero-order valence-electron chi connectivity index (χ0n) is 17.4. The van der Waals surface area contributed by atoms with E-state index in [-0.39, 0.29) is 40.5 Å². The van der Waals surface area contributed by atoms with Crippen molar-refractivity contribution in [1.29, 1.82) is 0 Å². The van der Waals surface area contributed by atoms with E-state index in [4.69, 9.17) is 4.74 Å². The van der Waals surface area contributed by atoms with E-state index in [2.05, 4.69) is 10.3 Å². The number of carbonyl (C=O) groups excluding carboxylic acids is 1. The highest BCUT2D eigenvalue weighted by atomic mass is 32.2. The molecule has 1 aromatic heterocycles. The molecule has 10 nitrogen and oxygen atoms in total. The summed E-state index contributed by atoms with van der Waals surface area (Å²) in [7, 11) is -2.39. The minimum absolute atomic E-state index is 0.00400. The Labute approximate surface area is 192 Å². The van der Waals surface area contributed by atoms with Crippen LogP contribution >= 0.6 is 11.3 Å². The van der Waals surface area contributed by atoms with Gasteiger partial charge in [0, 0.05) is 25.1 Å². The number of fused-ring (bicyclic) bond motifs is 1. The van der Waals surface area contributed by atoms with Gasteiger partial charge in [0.1, 0.15) is 11.3 Å². The fourth-order valence-electron chi connectivity index (χ4n) is 3.62. The molecule has 1 aliphatic heterocycles. The van der Waals surface area contributed by atoms with E-state index >= 15 is 0 Å². The van der Waals surface area contributed by atoms with Gasteiger partial charge in [-0.3, -0.25) is 14.9 Å². The third-order valence-electron chi connectivity index (χ3n) is 5.38. The Balaban J connectivity index is 1.43. The monoisotopic (exact) mass is 494 g/mol. The molecular formula is C20H19FN4O6S2. The molecule has 2 aromatic carbocycles. The maximum absolute atomic E-state index is 13.1. The molecule has 2 heterocycles. The number of sulfonamides is 1. The molecule has 1 amide bonds. The second-order valence-corrected chi connectivity index (χ2v) is 10.4. The number of non-ortho nitro benzene ring substituents is 1. The summed E-state index contributed by atoms with van der Waals surface area (Å²) in [6.07, 6.45) is 0.623. The highest BCUT2D eigenvalue weighted by Gasteiger charge is 2.32. The van der Waals surface area contributed by atoms with Gasteiger partial charge in [0.2, 0.25) is 15.9 Å². The highest BCUT2D eigenvalue weighted by molar-refractivity contribution is 7.89. The van der Waals surface area contributed by atoms with Crippen LogP contribution in [0.2, 0.25) is 0 Å². The van der Waals surface area contributed by atoms with Gasteiger partial charge < -0.3 is 10.1 Å². The maximum atomic E-state index is 13.1. The molecule has 13 heteroatoms. The number of ether oxygens (including phenoxy) is 1. The van der Waals surface area contributed by atoms with Gasteiger partial charge in [-0.1, -0.05) is 11.3 Å². The number of thiazole rings is 1. The summed E-state index contributed by atoms with van der Waals surface area (Å²) in [6, 6.07) is 7.25. The molecule has 0 aliphatic carbocycles. The lowest BCUT2D eigenvalue weighted by atomic mass is 9.97. The molecule has 1 N–H and O–H groups in total. The van der Waals surface area contributed by atoms with Crippen molar-refractivity contribution < 1.29 is 27.3 Å². The summed E-state index contributed by atoms with van der Waals surface area (Å²) < 4.78 is 45.5. The number of carbonyl (C=O) groups is 1. The minimum Gasteiger partial charge on any atom is -0.494 e. The van der Waals surface area contributed by atoms with Crippen LogP contribution in [-0.2, 0) is 14.8 Å². The van der Waals surface area contributed by atoms with Crippen molar-refractivity contribution in [3.63, 3.8) is 0 Å². The predicted octanol–water partition coefficient (Wildman–Crippen LogP) is 3.39. The Hall–Kier alpha value is -3.16. The average molecular weight is 495 g/mol. The number of nitrogens with one attached hydrogen (secondary N) is 1. The van der Waals surface area contributed by atoms with Crippen LogP contribution in [0.15, 0.2) is 41.3 Å². The molecule has 4 rings (SSSR count). The maximum Gasteiger partial charge on any atom is 0.274 e. The summed E-state index contributed by atoms with van der Waals surface area (Å²) in [5.41, 5.74) is 0.263. The third kappa shape index (κ3) is 4.65. The van der Waals surface area contributed by atoms with Crippen molar-refractivity contribution in [2.75, 3.05) is 25.5 Å². The van der Waals surface area contributed by atoms with Crippen LogP contribution in [0.3, 0.4) is 0 Å². The first kappa shape index (κ1) is 23.0. The summed E-state index contributed by atoms with van der Waals surface area (Å²) in [5, 5.41) is 14.1. The smallest absolute Gasteiger partial charge is 0.274 e. The van der Waals surface area contributed by atoms with Crippen LogP contribution in [0.1, 0.15) is 12.8 Å². The largest absolute Gasteiger partial charge is 0.494 e. The third-order valence-corrected chi connectivity index (χ3v) is 8.21. The molecule has 0 spiro atoms. The lowest BCUT2D eigenvalue weighted by Gasteiger charge is -2.30. The van der Waals surface area contributed by atoms with Crippen molar-refractivity contribution in [2.45, 2.75) is 17.7 Å². The number of anilines is 1. The minimum atomic E-state index is -3.77. The SMILES string of the molecule is COc1cc([N+](=O)[O-])cc2sc(NC(=O)C3CCN(S(=O)(=O)c4ccc(F)cc4)CC3)nc12. The molecule has 1 aliphatic rings. The van der Waals surface area contributed by atoms with Gasteiger partial charge in [0.05, 0.1) is 27.7 Å². The van der Waals surface area contributed by atoms with Gasteiger partial charge in [-0.15, -0.1) is 0 Å². The Morgan fingerprint density at radius 1 is 1.27 bits per heavy atom. The molecule has 0 saturated carbocycles. The van der Waals surface area contributed by atoms with Crippen LogP contribution in [0.25, 0.3) is 10.2 Å². The number of aromatic nitrogens is 1. The van der Waals surface area contributed by atoms with E-state index in [1.165, 1.54) is 35.7 Å². The first-order valence-corrected chi connectivity index (χ1v) is 12.1. The van der Waals surface area contributed by atoms with Gasteiger partial charge in [0.25, 0.3) is 5.69 Å². The number of hydrogen-bond donors (Lipinski definition) is 1. The van der Waals surface area contributed by atoms with Gasteiger partial charge >= 0.3 is 0 Å². The quantitative estimate of drug-likeness (QED) is 0.410. The molecule has 1 fully saturated rings. The van der Waals surface area contributed by atoms with Gasteiger partial charge in [-0.25, -0.2) is 17.8 Å². The average Bonchev–Trinajstić information content (AvgIpc) is 3.21. The Morgan fingerprint density at radius 2 is 1.94 bits per heavy atom. The number of benzene rings is 2. The van der Waals surface area contributed by atoms with Gasteiger partial charge in [-0.2, -0.15) is 4.31 Å². The number of nitro groups is 1. The molecule has 0 unspecified atom stereocenters. The molecular weight excluding hydrogens is 475 g/mol. The van der Waals surface area contributed by atoms with Crippen molar-refractivity contribution >= 4 is 48.3 Å². The molecule has 1 saturated heterocycles. The number of rotatable bonds is 6. The van der Waals surface area contributed by atoms with E-state index in [0.29, 0.717) is 23.1 Å². The van der Waals surface area contributed by atoms with E-state index in [1.807, 2.05) is 0 Å². The number of halogens is 1. The molecule has 174 valence electrons. The number of hydrogen-bond acceptors (Lipinski definition) is 8. The van der Waals surface area contributed by atoms with Crippen LogP contribution in [0.5, 0.6) is 5.75 Å². The zero-order chi connectivity index (χ0) is 23.8. The second kappa shape index (κ2) is 9.00. The Kier molecular flexibility index (Phi) is 6.28. The van der Waals surface area contributed by atoms with Crippen LogP contribution in [0, 0.1) is 21.8 Å². The van der Waals surface area contributed by atoms with Gasteiger partial charge in [0.15, 0.2) is 10.9 Å². The lowest BCUT2D eigenvalue weighted by molar-refractivity contribution is -0.384. The second-order valence-electron chi connectivity index (χ2n) is 7.39. The number of nitrogens with zero attached hydrogens (tertiary/aromatic N) is 3. The lowest BCUT2D eigenvalue weighted by Crippen LogP contribution is -2.41. The van der Waals surface area contributed by atoms with E-state index in [1.54, 1.807) is 0 Å². The summed E-state index contributed by atoms with van der Waals surface area (Å²) in [4.78, 5) is 27.6. The van der Waals surface area contributed by atoms with Crippen molar-refractivity contribution in [3.8, 4) is 5.75 Å². The summed E-state index contributed by atoms with van der Waals surface area (Å²) in [5.74, 6) is -1.02. The van der Waals surface area contributed by atoms with E-state index in [0.717, 1.165) is 23.5 Å². The summed E-state index contributed by atoms with van der Waals surface area (Å²) in [6.45, 7) is 0.301. The molecule has 0 bridgehead atoms. The van der Waals surface area contributed by atoms with Crippen molar-refractivity contribution in [1.82, 2.24) is 9.29 Å². The Morgan fingerprint density at radius 3 is 2.55 bits per heavy atom. The number of amides is 1. The standard InChI is InChI=1S/C20H19FN4O6S2/c1-31-16-10-14(25(27)28)11-17-18(16)22-20(32-17)23-19(26)12-6-8-24(9-7-12)33(29,30)15-4-2-13(21)3-5-15/h2-5,10-12H,6-9H2,1H3,(H,22,23,26). The number of piperidine rings is 1. The fraction of sp³-hybridized carbons (Fsp3) is 0.300. The molecule has 0 atom stereocenters.